The van der Waals surface area contributed by atoms with Gasteiger partial charge >= 0.3 is 5.97 Å². The molecule has 2 radical (unpaired) electrons. The van der Waals surface area contributed by atoms with Crippen LogP contribution < -0.4 is 5.46 Å². The number of carbonyl (C=O) groups excluding carboxylic acids is 1. The van der Waals surface area contributed by atoms with Crippen molar-refractivity contribution in [2.45, 2.75) is 0 Å². The second-order valence-corrected chi connectivity index (χ2v) is 3.27. The van der Waals surface area contributed by atoms with Gasteiger partial charge in [0.15, 0.2) is 0 Å². The van der Waals surface area contributed by atoms with Crippen LogP contribution >= 0.6 is 0 Å². The summed E-state index contributed by atoms with van der Waals surface area (Å²) >= 11 is 0. The number of fused-ring (bicyclic) bond motifs is 1. The molecule has 0 aliphatic heterocycles. The zero-order valence-corrected chi connectivity index (χ0v) is 8.36. The van der Waals surface area contributed by atoms with Gasteiger partial charge in [0.1, 0.15) is 7.85 Å². The Morgan fingerprint density at radius 2 is 2.07 bits per heavy atom. The first-order valence-corrected chi connectivity index (χ1v) is 4.59. The maximum Gasteiger partial charge on any atom is 0.337 e. The van der Waals surface area contributed by atoms with Crippen molar-refractivity contribution in [1.82, 2.24) is 0 Å². The van der Waals surface area contributed by atoms with Crippen molar-refractivity contribution >= 4 is 30.1 Å². The Kier molecular flexibility index (Phi) is 2.46. The fraction of sp³-hybridized carbons (Fsp3) is 0.0833. The molecule has 72 valence electrons. The van der Waals surface area contributed by atoms with E-state index in [1.165, 1.54) is 7.11 Å². The summed E-state index contributed by atoms with van der Waals surface area (Å²) in [4.78, 5) is 11.3. The highest BCUT2D eigenvalue weighted by atomic mass is 16.5. The van der Waals surface area contributed by atoms with Crippen LogP contribution in [-0.2, 0) is 4.74 Å². The van der Waals surface area contributed by atoms with Crippen molar-refractivity contribution < 1.29 is 9.53 Å². The van der Waals surface area contributed by atoms with Crippen LogP contribution in [0.3, 0.4) is 0 Å². The third kappa shape index (κ3) is 1.73. The van der Waals surface area contributed by atoms with Gasteiger partial charge in [0.2, 0.25) is 0 Å². The average Bonchev–Trinajstić information content (AvgIpc) is 2.28. The summed E-state index contributed by atoms with van der Waals surface area (Å²) < 4.78 is 4.65. The molecule has 0 aliphatic rings. The van der Waals surface area contributed by atoms with Crippen molar-refractivity contribution in [2.24, 2.45) is 0 Å². The van der Waals surface area contributed by atoms with E-state index in [9.17, 15) is 4.79 Å². The molecule has 0 N–H and O–H groups in total. The van der Waals surface area contributed by atoms with Gasteiger partial charge in [-0.3, -0.25) is 0 Å². The monoisotopic (exact) mass is 196 g/mol. The van der Waals surface area contributed by atoms with E-state index in [1.54, 1.807) is 12.1 Å². The van der Waals surface area contributed by atoms with Crippen molar-refractivity contribution in [3.8, 4) is 0 Å². The van der Waals surface area contributed by atoms with E-state index in [1.807, 2.05) is 24.3 Å². The maximum atomic E-state index is 11.3. The molecule has 0 spiro atoms. The van der Waals surface area contributed by atoms with Crippen LogP contribution in [0.1, 0.15) is 10.4 Å². The van der Waals surface area contributed by atoms with Crippen LogP contribution in [0.2, 0.25) is 0 Å². The lowest BCUT2D eigenvalue weighted by atomic mass is 9.89. The molecule has 2 rings (SSSR count). The van der Waals surface area contributed by atoms with E-state index in [-0.39, 0.29) is 5.97 Å². The van der Waals surface area contributed by atoms with Gasteiger partial charge in [0, 0.05) is 0 Å². The Morgan fingerprint density at radius 3 is 2.80 bits per heavy atom. The number of ether oxygens (including phenoxy) is 1. The quantitative estimate of drug-likeness (QED) is 0.509. The summed E-state index contributed by atoms with van der Waals surface area (Å²) in [6.07, 6.45) is 0. The number of rotatable bonds is 1. The summed E-state index contributed by atoms with van der Waals surface area (Å²) in [6.45, 7) is 0. The van der Waals surface area contributed by atoms with Crippen LogP contribution in [-0.4, -0.2) is 20.9 Å². The number of carbonyl (C=O) groups is 1. The van der Waals surface area contributed by atoms with Crippen molar-refractivity contribution in [1.29, 1.82) is 0 Å². The molecule has 15 heavy (non-hydrogen) atoms. The van der Waals surface area contributed by atoms with Crippen molar-refractivity contribution in [3.05, 3.63) is 42.0 Å². The largest absolute Gasteiger partial charge is 0.465 e. The molecule has 2 aromatic carbocycles. The van der Waals surface area contributed by atoms with Crippen LogP contribution in [0.25, 0.3) is 10.8 Å². The molecule has 0 amide bonds. The van der Waals surface area contributed by atoms with E-state index in [0.29, 0.717) is 11.0 Å². The van der Waals surface area contributed by atoms with Gasteiger partial charge < -0.3 is 4.74 Å². The lowest BCUT2D eigenvalue weighted by Gasteiger charge is -2.04. The highest BCUT2D eigenvalue weighted by Gasteiger charge is 2.05. The minimum Gasteiger partial charge on any atom is -0.465 e. The summed E-state index contributed by atoms with van der Waals surface area (Å²) in [5, 5.41) is 1.89. The summed E-state index contributed by atoms with van der Waals surface area (Å²) in [5.41, 5.74) is 1.25. The Morgan fingerprint density at radius 1 is 1.27 bits per heavy atom. The Labute approximate surface area is 89.3 Å². The molecule has 0 atom stereocenters. The third-order valence-corrected chi connectivity index (χ3v) is 2.34. The van der Waals surface area contributed by atoms with E-state index in [0.717, 1.165) is 10.8 Å². The molecular weight excluding hydrogens is 187 g/mol. The zero-order valence-electron chi connectivity index (χ0n) is 8.36. The first-order chi connectivity index (χ1) is 7.22. The topological polar surface area (TPSA) is 26.3 Å². The number of benzene rings is 2. The second kappa shape index (κ2) is 3.77. The van der Waals surface area contributed by atoms with Crippen LogP contribution in [0.15, 0.2) is 36.4 Å². The summed E-state index contributed by atoms with van der Waals surface area (Å²) in [7, 11) is 7.17. The fourth-order valence-corrected chi connectivity index (χ4v) is 1.55. The molecule has 0 bridgehead atoms. The number of hydrogen-bond acceptors (Lipinski definition) is 2. The molecule has 3 heteroatoms. The second-order valence-electron chi connectivity index (χ2n) is 3.27. The van der Waals surface area contributed by atoms with Gasteiger partial charge in [-0.25, -0.2) is 4.79 Å². The van der Waals surface area contributed by atoms with E-state index in [2.05, 4.69) is 4.74 Å². The number of methoxy groups -OCH3 is 1. The number of hydrogen-bond donors (Lipinski definition) is 0. The first-order valence-electron chi connectivity index (χ1n) is 4.59. The number of esters is 1. The predicted octanol–water partition coefficient (Wildman–Crippen LogP) is 1.42. The fourth-order valence-electron chi connectivity index (χ4n) is 1.55. The van der Waals surface area contributed by atoms with E-state index in [4.69, 9.17) is 7.85 Å². The highest BCUT2D eigenvalue weighted by molar-refractivity contribution is 6.38. The normalized spacial score (nSPS) is 10.2. The van der Waals surface area contributed by atoms with Gasteiger partial charge in [-0.1, -0.05) is 29.7 Å². The molecule has 2 aromatic rings. The SMILES string of the molecule is [B]c1cccc2cc(C(=O)OC)ccc12. The summed E-state index contributed by atoms with van der Waals surface area (Å²) in [6, 6.07) is 10.9. The third-order valence-electron chi connectivity index (χ3n) is 2.34. The predicted molar refractivity (Wildman–Crippen MR) is 60.7 cm³/mol. The minimum atomic E-state index is -0.334. The maximum absolute atomic E-state index is 11.3. The molecule has 0 saturated heterocycles. The van der Waals surface area contributed by atoms with Gasteiger partial charge in [0.05, 0.1) is 12.7 Å². The van der Waals surface area contributed by atoms with Crippen molar-refractivity contribution in [2.75, 3.05) is 7.11 Å². The van der Waals surface area contributed by atoms with Gasteiger partial charge in [-0.2, -0.15) is 0 Å². The standard InChI is InChI=1S/C12H9BO2/c1-15-12(14)9-5-6-10-8(7-9)3-2-4-11(10)13/h2-7H,1H3. The van der Waals surface area contributed by atoms with Gasteiger partial charge in [0.25, 0.3) is 0 Å². The lowest BCUT2D eigenvalue weighted by Crippen LogP contribution is -2.05. The van der Waals surface area contributed by atoms with Crippen LogP contribution in [0, 0.1) is 0 Å². The Bertz CT molecular complexity index is 520. The lowest BCUT2D eigenvalue weighted by molar-refractivity contribution is 0.0601. The van der Waals surface area contributed by atoms with Crippen LogP contribution in [0.4, 0.5) is 0 Å². The zero-order chi connectivity index (χ0) is 10.8. The molecule has 0 unspecified atom stereocenters. The molecule has 0 heterocycles. The molecule has 0 saturated carbocycles. The molecular formula is C12H9BO2. The smallest absolute Gasteiger partial charge is 0.337 e. The Hall–Kier alpha value is -1.77. The van der Waals surface area contributed by atoms with Gasteiger partial charge in [-0.15, -0.1) is 0 Å². The molecule has 0 fully saturated rings. The average molecular weight is 196 g/mol. The molecule has 0 aliphatic carbocycles. The van der Waals surface area contributed by atoms with Gasteiger partial charge in [-0.05, 0) is 22.9 Å². The highest BCUT2D eigenvalue weighted by Crippen LogP contribution is 2.14. The van der Waals surface area contributed by atoms with E-state index < -0.39 is 0 Å². The minimum absolute atomic E-state index is 0.334. The van der Waals surface area contributed by atoms with Crippen LogP contribution in [0.5, 0.6) is 0 Å². The molecule has 0 aromatic heterocycles. The first kappa shape index (κ1) is 9.78. The van der Waals surface area contributed by atoms with E-state index >= 15 is 0 Å². The molecule has 2 nitrogen and oxygen atoms in total. The Balaban J connectivity index is 2.62. The van der Waals surface area contributed by atoms with Crippen molar-refractivity contribution in [3.63, 3.8) is 0 Å². The summed E-state index contributed by atoms with van der Waals surface area (Å²) in [5.74, 6) is -0.334.